The molecule has 0 aliphatic carbocycles. The van der Waals surface area contributed by atoms with Crippen LogP contribution in [0.2, 0.25) is 0 Å². The van der Waals surface area contributed by atoms with E-state index in [1.807, 2.05) is 0 Å². The average molecular weight is 428 g/mol. The molecule has 0 heterocycles. The standard InChI is InChI=1S/C18H25N3O5S2/c19-15-1-5-17(6-2-15)27(23,24)13-10-21(9-12-22)11-14-28(25,26)18-7-3-16(20)4-8-18/h1-8,22H,9-14,19-20H2. The van der Waals surface area contributed by atoms with E-state index in [0.717, 1.165) is 0 Å². The Kier molecular flexibility index (Phi) is 7.41. The predicted octanol–water partition coefficient (Wildman–Crippen LogP) is 0.393. The summed E-state index contributed by atoms with van der Waals surface area (Å²) in [5.41, 5.74) is 12.1. The van der Waals surface area contributed by atoms with Crippen LogP contribution in [0.15, 0.2) is 58.3 Å². The molecular formula is C18H25N3O5S2. The summed E-state index contributed by atoms with van der Waals surface area (Å²) in [6.45, 7) is 0.174. The maximum Gasteiger partial charge on any atom is 0.179 e. The molecule has 0 amide bonds. The summed E-state index contributed by atoms with van der Waals surface area (Å²) in [5, 5.41) is 9.22. The Bertz CT molecular complexity index is 893. The fourth-order valence-corrected chi connectivity index (χ4v) is 5.13. The van der Waals surface area contributed by atoms with E-state index in [1.54, 1.807) is 4.90 Å². The molecule has 0 aliphatic heterocycles. The molecule has 5 N–H and O–H groups in total. The highest BCUT2D eigenvalue weighted by Crippen LogP contribution is 2.15. The minimum absolute atomic E-state index is 0.102. The largest absolute Gasteiger partial charge is 0.399 e. The Labute approximate surface area is 165 Å². The third kappa shape index (κ3) is 6.20. The van der Waals surface area contributed by atoms with Gasteiger partial charge in [0.2, 0.25) is 0 Å². The van der Waals surface area contributed by atoms with Crippen LogP contribution >= 0.6 is 0 Å². The lowest BCUT2D eigenvalue weighted by Crippen LogP contribution is -2.35. The summed E-state index contributed by atoms with van der Waals surface area (Å²) in [7, 11) is -7.09. The number of benzene rings is 2. The molecule has 10 heteroatoms. The molecule has 2 aromatic rings. The van der Waals surface area contributed by atoms with Crippen molar-refractivity contribution in [3.05, 3.63) is 48.5 Å². The third-order valence-corrected chi connectivity index (χ3v) is 7.67. The topological polar surface area (TPSA) is 144 Å². The number of aliphatic hydroxyl groups excluding tert-OH is 1. The molecule has 0 spiro atoms. The number of nitrogen functional groups attached to an aromatic ring is 2. The average Bonchev–Trinajstić information content (AvgIpc) is 2.65. The van der Waals surface area contributed by atoms with Crippen LogP contribution < -0.4 is 11.5 Å². The van der Waals surface area contributed by atoms with Gasteiger partial charge in [0.15, 0.2) is 19.7 Å². The molecule has 0 saturated heterocycles. The Balaban J connectivity index is 2.01. The zero-order valence-electron chi connectivity index (χ0n) is 15.4. The summed E-state index contributed by atoms with van der Waals surface area (Å²) in [4.78, 5) is 1.92. The molecule has 0 aliphatic rings. The van der Waals surface area contributed by atoms with Crippen LogP contribution in [0.5, 0.6) is 0 Å². The smallest absolute Gasteiger partial charge is 0.179 e. The zero-order valence-corrected chi connectivity index (χ0v) is 17.0. The molecule has 0 bridgehead atoms. The lowest BCUT2D eigenvalue weighted by atomic mass is 10.3. The molecule has 0 saturated carbocycles. The highest BCUT2D eigenvalue weighted by Gasteiger charge is 2.19. The fraction of sp³-hybridized carbons (Fsp3) is 0.333. The van der Waals surface area contributed by atoms with Gasteiger partial charge in [-0.05, 0) is 48.5 Å². The Morgan fingerprint density at radius 1 is 0.679 bits per heavy atom. The molecule has 0 aromatic heterocycles. The molecule has 28 heavy (non-hydrogen) atoms. The van der Waals surface area contributed by atoms with Gasteiger partial charge in [-0.3, -0.25) is 4.90 Å². The van der Waals surface area contributed by atoms with Crippen LogP contribution in [0.1, 0.15) is 0 Å². The first kappa shape index (κ1) is 22.2. The van der Waals surface area contributed by atoms with E-state index in [9.17, 15) is 21.9 Å². The Hall–Kier alpha value is -2.14. The van der Waals surface area contributed by atoms with Gasteiger partial charge < -0.3 is 16.6 Å². The first-order valence-corrected chi connectivity index (χ1v) is 11.9. The van der Waals surface area contributed by atoms with Gasteiger partial charge in [0.25, 0.3) is 0 Å². The molecule has 0 fully saturated rings. The van der Waals surface area contributed by atoms with Crippen molar-refractivity contribution < 1.29 is 21.9 Å². The van der Waals surface area contributed by atoms with E-state index in [2.05, 4.69) is 0 Å². The minimum atomic E-state index is -3.54. The summed E-state index contributed by atoms with van der Waals surface area (Å²) in [5.74, 6) is -0.391. The normalized spacial score (nSPS) is 12.4. The van der Waals surface area contributed by atoms with E-state index in [-0.39, 0.29) is 47.5 Å². The summed E-state index contributed by atoms with van der Waals surface area (Å²) >= 11 is 0. The highest BCUT2D eigenvalue weighted by molar-refractivity contribution is 7.91. The molecule has 154 valence electrons. The van der Waals surface area contributed by atoms with Crippen LogP contribution in [-0.4, -0.2) is 64.6 Å². The van der Waals surface area contributed by atoms with Crippen LogP contribution in [-0.2, 0) is 19.7 Å². The SMILES string of the molecule is Nc1ccc(S(=O)(=O)CCN(CCO)CCS(=O)(=O)c2ccc(N)cc2)cc1. The Morgan fingerprint density at radius 2 is 1.04 bits per heavy atom. The van der Waals surface area contributed by atoms with Gasteiger partial charge in [0, 0.05) is 31.0 Å². The van der Waals surface area contributed by atoms with Crippen molar-refractivity contribution in [2.75, 3.05) is 49.2 Å². The van der Waals surface area contributed by atoms with Crippen molar-refractivity contribution in [3.8, 4) is 0 Å². The predicted molar refractivity (Wildman–Crippen MR) is 109 cm³/mol. The van der Waals surface area contributed by atoms with Crippen LogP contribution in [0.3, 0.4) is 0 Å². The minimum Gasteiger partial charge on any atom is -0.399 e. The maximum absolute atomic E-state index is 12.4. The van der Waals surface area contributed by atoms with Crippen molar-refractivity contribution in [2.24, 2.45) is 0 Å². The van der Waals surface area contributed by atoms with E-state index < -0.39 is 19.7 Å². The molecule has 0 unspecified atom stereocenters. The molecule has 2 aromatic carbocycles. The quantitative estimate of drug-likeness (QED) is 0.462. The first-order valence-electron chi connectivity index (χ1n) is 8.64. The zero-order chi connectivity index (χ0) is 20.8. The van der Waals surface area contributed by atoms with Crippen LogP contribution in [0.4, 0.5) is 11.4 Å². The number of hydrogen-bond donors (Lipinski definition) is 3. The number of anilines is 2. The monoisotopic (exact) mass is 427 g/mol. The van der Waals surface area contributed by atoms with Crippen LogP contribution in [0.25, 0.3) is 0 Å². The van der Waals surface area contributed by atoms with Gasteiger partial charge in [-0.25, -0.2) is 16.8 Å². The van der Waals surface area contributed by atoms with Crippen LogP contribution in [0, 0.1) is 0 Å². The second-order valence-corrected chi connectivity index (χ2v) is 10.6. The fourth-order valence-electron chi connectivity index (χ4n) is 2.56. The number of nitrogens with zero attached hydrogens (tertiary/aromatic N) is 1. The van der Waals surface area contributed by atoms with Gasteiger partial charge in [-0.1, -0.05) is 0 Å². The van der Waals surface area contributed by atoms with Gasteiger partial charge >= 0.3 is 0 Å². The Morgan fingerprint density at radius 3 is 1.36 bits per heavy atom. The second-order valence-electron chi connectivity index (χ2n) is 6.34. The lowest BCUT2D eigenvalue weighted by molar-refractivity contribution is 0.209. The van der Waals surface area contributed by atoms with Crippen molar-refractivity contribution >= 4 is 31.0 Å². The van der Waals surface area contributed by atoms with E-state index >= 15 is 0 Å². The lowest BCUT2D eigenvalue weighted by Gasteiger charge is -2.21. The van der Waals surface area contributed by atoms with Gasteiger partial charge in [0.1, 0.15) is 0 Å². The van der Waals surface area contributed by atoms with Gasteiger partial charge in [-0.2, -0.15) is 0 Å². The van der Waals surface area contributed by atoms with E-state index in [0.29, 0.717) is 11.4 Å². The van der Waals surface area contributed by atoms with Gasteiger partial charge in [0.05, 0.1) is 27.9 Å². The second kappa shape index (κ2) is 9.37. The number of sulfone groups is 2. The van der Waals surface area contributed by atoms with E-state index in [1.165, 1.54) is 48.5 Å². The summed E-state index contributed by atoms with van der Waals surface area (Å²) < 4.78 is 49.8. The van der Waals surface area contributed by atoms with Crippen molar-refractivity contribution in [1.82, 2.24) is 4.90 Å². The summed E-state index contributed by atoms with van der Waals surface area (Å²) in [6, 6.07) is 11.8. The molecule has 0 radical (unpaired) electrons. The molecule has 8 nitrogen and oxygen atoms in total. The number of rotatable bonds is 10. The number of aliphatic hydroxyl groups is 1. The van der Waals surface area contributed by atoms with Crippen molar-refractivity contribution in [2.45, 2.75) is 9.79 Å². The molecular weight excluding hydrogens is 402 g/mol. The highest BCUT2D eigenvalue weighted by atomic mass is 32.2. The summed E-state index contributed by atoms with van der Waals surface area (Å²) in [6.07, 6.45) is 0. The number of nitrogens with two attached hydrogens (primary N) is 2. The molecule has 2 rings (SSSR count). The van der Waals surface area contributed by atoms with Crippen molar-refractivity contribution in [3.63, 3.8) is 0 Å². The van der Waals surface area contributed by atoms with E-state index in [4.69, 9.17) is 11.5 Å². The third-order valence-electron chi connectivity index (χ3n) is 4.25. The molecule has 0 atom stereocenters. The number of hydrogen-bond acceptors (Lipinski definition) is 8. The van der Waals surface area contributed by atoms with Gasteiger partial charge in [-0.15, -0.1) is 0 Å². The van der Waals surface area contributed by atoms with Crippen molar-refractivity contribution in [1.29, 1.82) is 0 Å². The maximum atomic E-state index is 12.4. The first-order chi connectivity index (χ1) is 13.1.